The van der Waals surface area contributed by atoms with Gasteiger partial charge in [-0.3, -0.25) is 9.59 Å². The lowest BCUT2D eigenvalue weighted by molar-refractivity contribution is -0.121. The third kappa shape index (κ3) is 8.32. The number of hydrogen-bond donors (Lipinski definition) is 3. The summed E-state index contributed by atoms with van der Waals surface area (Å²) < 4.78 is 0. The van der Waals surface area contributed by atoms with Gasteiger partial charge >= 0.3 is 0 Å². The van der Waals surface area contributed by atoms with Crippen molar-refractivity contribution in [3.63, 3.8) is 0 Å². The summed E-state index contributed by atoms with van der Waals surface area (Å²) in [5, 5.41) is 8.58. The second-order valence-corrected chi connectivity index (χ2v) is 5.00. The molecule has 21 heavy (non-hydrogen) atoms. The van der Waals surface area contributed by atoms with E-state index in [4.69, 9.17) is 0 Å². The lowest BCUT2D eigenvalue weighted by Crippen LogP contribution is -2.31. The molecule has 0 aromatic heterocycles. The maximum atomic E-state index is 11.6. The van der Waals surface area contributed by atoms with Crippen molar-refractivity contribution in [1.29, 1.82) is 0 Å². The molecule has 5 nitrogen and oxygen atoms in total. The van der Waals surface area contributed by atoms with E-state index in [2.05, 4.69) is 16.0 Å². The fourth-order valence-corrected chi connectivity index (χ4v) is 1.73. The van der Waals surface area contributed by atoms with E-state index in [0.29, 0.717) is 19.4 Å². The van der Waals surface area contributed by atoms with Gasteiger partial charge in [0.05, 0.1) is 6.42 Å². The molecule has 0 aliphatic rings. The highest BCUT2D eigenvalue weighted by Crippen LogP contribution is 2.10. The summed E-state index contributed by atoms with van der Waals surface area (Å²) in [6.45, 7) is 4.52. The van der Waals surface area contributed by atoms with Gasteiger partial charge in [-0.2, -0.15) is 0 Å². The molecule has 0 fully saturated rings. The number of carbonyl (C=O) groups is 2. The van der Waals surface area contributed by atoms with Gasteiger partial charge in [-0.05, 0) is 38.6 Å². The molecule has 0 aliphatic carbocycles. The second kappa shape index (κ2) is 10.2. The van der Waals surface area contributed by atoms with Crippen LogP contribution in [0.25, 0.3) is 0 Å². The van der Waals surface area contributed by atoms with Crippen molar-refractivity contribution in [2.45, 2.75) is 32.7 Å². The van der Waals surface area contributed by atoms with Gasteiger partial charge in [-0.25, -0.2) is 0 Å². The third-order valence-corrected chi connectivity index (χ3v) is 2.65. The Morgan fingerprint density at radius 2 is 1.71 bits per heavy atom. The molecule has 0 aliphatic heterocycles. The lowest BCUT2D eigenvalue weighted by atomic mass is 10.1. The summed E-state index contributed by atoms with van der Waals surface area (Å²) in [5.74, 6) is -0.0181. The van der Waals surface area contributed by atoms with Gasteiger partial charge in [0.15, 0.2) is 0 Å². The zero-order valence-electron chi connectivity index (χ0n) is 12.7. The van der Waals surface area contributed by atoms with Gasteiger partial charge in [0.25, 0.3) is 0 Å². The first-order valence-corrected chi connectivity index (χ1v) is 6.84. The Bertz CT molecular complexity index is 447. The van der Waals surface area contributed by atoms with E-state index in [1.807, 2.05) is 45.2 Å². The Balaban J connectivity index is 0.00000400. The van der Waals surface area contributed by atoms with Crippen molar-refractivity contribution in [2.75, 3.05) is 18.9 Å². The van der Waals surface area contributed by atoms with Crippen LogP contribution in [-0.2, 0) is 16.0 Å². The number of carbonyl (C=O) groups excluding carboxylic acids is 2. The van der Waals surface area contributed by atoms with E-state index in [9.17, 15) is 9.59 Å². The third-order valence-electron chi connectivity index (χ3n) is 2.65. The van der Waals surface area contributed by atoms with Crippen molar-refractivity contribution in [3.8, 4) is 0 Å². The molecule has 0 atom stereocenters. The first kappa shape index (κ1) is 19.4. The van der Waals surface area contributed by atoms with Crippen LogP contribution in [0.2, 0.25) is 0 Å². The van der Waals surface area contributed by atoms with Crippen LogP contribution in [0.5, 0.6) is 0 Å². The van der Waals surface area contributed by atoms with Gasteiger partial charge < -0.3 is 16.0 Å². The largest absolute Gasteiger partial charge is 0.354 e. The smallest absolute Gasteiger partial charge is 0.225 e. The maximum absolute atomic E-state index is 11.6. The molecule has 118 valence electrons. The van der Waals surface area contributed by atoms with Crippen molar-refractivity contribution in [2.24, 2.45) is 0 Å². The summed E-state index contributed by atoms with van der Waals surface area (Å²) in [5.41, 5.74) is 1.68. The highest BCUT2D eigenvalue weighted by Gasteiger charge is 2.05. The van der Waals surface area contributed by atoms with Crippen LogP contribution < -0.4 is 16.0 Å². The van der Waals surface area contributed by atoms with Crippen LogP contribution in [0, 0.1) is 0 Å². The molecular formula is C15H24ClN3O2. The highest BCUT2D eigenvalue weighted by atomic mass is 35.5. The Kier molecular flexibility index (Phi) is 9.41. The molecule has 0 unspecified atom stereocenters. The Labute approximate surface area is 132 Å². The van der Waals surface area contributed by atoms with Crippen molar-refractivity contribution in [3.05, 3.63) is 29.8 Å². The van der Waals surface area contributed by atoms with Gasteiger partial charge in [-0.15, -0.1) is 12.4 Å². The van der Waals surface area contributed by atoms with E-state index >= 15 is 0 Å². The SMILES string of the molecule is CNCCC(=O)Nc1ccc(CC(=O)NC(C)C)cc1.Cl. The van der Waals surface area contributed by atoms with Crippen LogP contribution in [0.4, 0.5) is 5.69 Å². The molecule has 0 heterocycles. The molecule has 1 aromatic carbocycles. The summed E-state index contributed by atoms with van der Waals surface area (Å²) in [6, 6.07) is 7.49. The average molecular weight is 314 g/mol. The van der Waals surface area contributed by atoms with Crippen LogP contribution >= 0.6 is 12.4 Å². The molecule has 6 heteroatoms. The van der Waals surface area contributed by atoms with Crippen LogP contribution in [-0.4, -0.2) is 31.4 Å². The fraction of sp³-hybridized carbons (Fsp3) is 0.467. The zero-order chi connectivity index (χ0) is 15.0. The maximum Gasteiger partial charge on any atom is 0.225 e. The standard InChI is InChI=1S/C15H23N3O2.ClH/c1-11(2)17-15(20)10-12-4-6-13(7-5-12)18-14(19)8-9-16-3;/h4-7,11,16H,8-10H2,1-3H3,(H,17,20)(H,18,19);1H. The molecule has 0 saturated heterocycles. The minimum absolute atomic E-state index is 0. The van der Waals surface area contributed by atoms with Gasteiger partial charge in [0, 0.05) is 24.7 Å². The monoisotopic (exact) mass is 313 g/mol. The molecule has 1 rings (SSSR count). The highest BCUT2D eigenvalue weighted by molar-refractivity contribution is 5.90. The molecule has 0 spiro atoms. The minimum Gasteiger partial charge on any atom is -0.354 e. The molecule has 3 N–H and O–H groups in total. The first-order valence-electron chi connectivity index (χ1n) is 6.84. The Morgan fingerprint density at radius 1 is 1.10 bits per heavy atom. The molecule has 0 saturated carbocycles. The van der Waals surface area contributed by atoms with Gasteiger partial charge in [0.2, 0.25) is 11.8 Å². The molecule has 0 bridgehead atoms. The normalized spacial score (nSPS) is 9.90. The van der Waals surface area contributed by atoms with E-state index in [1.54, 1.807) is 0 Å². The van der Waals surface area contributed by atoms with Crippen molar-refractivity contribution >= 4 is 29.9 Å². The fourth-order valence-electron chi connectivity index (χ4n) is 1.73. The van der Waals surface area contributed by atoms with E-state index in [0.717, 1.165) is 11.3 Å². The van der Waals surface area contributed by atoms with E-state index in [1.165, 1.54) is 0 Å². The molecule has 2 amide bonds. The number of rotatable bonds is 7. The summed E-state index contributed by atoms with van der Waals surface area (Å²) in [6.07, 6.45) is 0.793. The summed E-state index contributed by atoms with van der Waals surface area (Å²) in [4.78, 5) is 23.2. The quantitative estimate of drug-likeness (QED) is 0.718. The van der Waals surface area contributed by atoms with Crippen molar-refractivity contribution < 1.29 is 9.59 Å². The molecular weight excluding hydrogens is 290 g/mol. The number of amides is 2. The number of nitrogens with one attached hydrogen (secondary N) is 3. The summed E-state index contributed by atoms with van der Waals surface area (Å²) >= 11 is 0. The second-order valence-electron chi connectivity index (χ2n) is 5.00. The zero-order valence-corrected chi connectivity index (χ0v) is 13.5. The van der Waals surface area contributed by atoms with Crippen LogP contribution in [0.3, 0.4) is 0 Å². The van der Waals surface area contributed by atoms with Gasteiger partial charge in [-0.1, -0.05) is 12.1 Å². The average Bonchev–Trinajstić information content (AvgIpc) is 2.37. The minimum atomic E-state index is -0.0235. The van der Waals surface area contributed by atoms with E-state index < -0.39 is 0 Å². The lowest BCUT2D eigenvalue weighted by Gasteiger charge is -2.09. The summed E-state index contributed by atoms with van der Waals surface area (Å²) in [7, 11) is 1.81. The number of hydrogen-bond acceptors (Lipinski definition) is 3. The first-order chi connectivity index (χ1) is 9.51. The predicted octanol–water partition coefficient (Wildman–Crippen LogP) is 1.72. The number of benzene rings is 1. The van der Waals surface area contributed by atoms with Crippen molar-refractivity contribution in [1.82, 2.24) is 10.6 Å². The number of anilines is 1. The predicted molar refractivity (Wildman–Crippen MR) is 87.8 cm³/mol. The van der Waals surface area contributed by atoms with Crippen LogP contribution in [0.15, 0.2) is 24.3 Å². The Morgan fingerprint density at radius 3 is 2.24 bits per heavy atom. The number of halogens is 1. The Hall–Kier alpha value is -1.59. The molecule has 1 aromatic rings. The van der Waals surface area contributed by atoms with Gasteiger partial charge in [0.1, 0.15) is 0 Å². The molecule has 0 radical (unpaired) electrons. The topological polar surface area (TPSA) is 70.2 Å². The van der Waals surface area contributed by atoms with E-state index in [-0.39, 0.29) is 30.3 Å². The van der Waals surface area contributed by atoms with Crippen LogP contribution in [0.1, 0.15) is 25.8 Å².